The first kappa shape index (κ1) is 11.0. The maximum atomic E-state index is 4.71. The molecular formula is C12H24O. The minimum absolute atomic E-state index is 0.583. The molecule has 13 heavy (non-hydrogen) atoms. The predicted molar refractivity (Wildman–Crippen MR) is 56.8 cm³/mol. The van der Waals surface area contributed by atoms with Crippen molar-refractivity contribution >= 4 is 0 Å². The maximum absolute atomic E-state index is 4.71. The third-order valence-corrected chi connectivity index (χ3v) is 3.54. The van der Waals surface area contributed by atoms with E-state index < -0.39 is 0 Å². The molecule has 2 aliphatic rings. The highest BCUT2D eigenvalue weighted by molar-refractivity contribution is 4.79. The van der Waals surface area contributed by atoms with Crippen molar-refractivity contribution in [3.05, 3.63) is 0 Å². The van der Waals surface area contributed by atoms with E-state index in [0.717, 1.165) is 12.5 Å². The summed E-state index contributed by atoms with van der Waals surface area (Å²) in [6.07, 6.45) is 6.39. The quantitative estimate of drug-likeness (QED) is 0.524. The molecule has 0 bridgehead atoms. The summed E-state index contributed by atoms with van der Waals surface area (Å²) < 4.78 is 4.71. The third-order valence-electron chi connectivity index (χ3n) is 3.54. The third kappa shape index (κ3) is 4.12. The molecule has 2 rings (SSSR count). The summed E-state index contributed by atoms with van der Waals surface area (Å²) in [7, 11) is 0. The highest BCUT2D eigenvalue weighted by atomic mass is 16.6. The fourth-order valence-corrected chi connectivity index (χ4v) is 1.76. The van der Waals surface area contributed by atoms with Crippen molar-refractivity contribution in [3.8, 4) is 0 Å². The van der Waals surface area contributed by atoms with Gasteiger partial charge in [-0.15, -0.1) is 0 Å². The molecule has 1 saturated carbocycles. The Hall–Kier alpha value is -0.0400. The van der Waals surface area contributed by atoms with Crippen molar-refractivity contribution in [2.45, 2.75) is 59.5 Å². The normalized spacial score (nSPS) is 36.0. The largest absolute Gasteiger partial charge is 0.373 e. The van der Waals surface area contributed by atoms with E-state index in [9.17, 15) is 0 Å². The fraction of sp³-hybridized carbons (Fsp3) is 1.00. The van der Waals surface area contributed by atoms with Gasteiger partial charge < -0.3 is 4.74 Å². The number of ether oxygens (including phenoxy) is 1. The Labute approximate surface area is 82.9 Å². The van der Waals surface area contributed by atoms with E-state index in [4.69, 9.17) is 4.74 Å². The number of hydrogen-bond donors (Lipinski definition) is 0. The van der Waals surface area contributed by atoms with Crippen LogP contribution >= 0.6 is 0 Å². The fourth-order valence-electron chi connectivity index (χ4n) is 1.76. The van der Waals surface area contributed by atoms with Crippen LogP contribution in [0, 0.1) is 11.3 Å². The Kier molecular flexibility index (Phi) is 3.78. The zero-order valence-electron chi connectivity index (χ0n) is 9.60. The molecule has 0 N–H and O–H groups in total. The molecule has 0 spiro atoms. The molecule has 0 amide bonds. The molecule has 0 radical (unpaired) electrons. The Morgan fingerprint density at radius 2 is 1.69 bits per heavy atom. The summed E-state index contributed by atoms with van der Waals surface area (Å²) in [5, 5.41) is 0. The molecular weight excluding hydrogens is 160 g/mol. The second-order valence-corrected chi connectivity index (χ2v) is 5.28. The van der Waals surface area contributed by atoms with E-state index in [1.165, 1.54) is 25.7 Å². The van der Waals surface area contributed by atoms with E-state index >= 15 is 0 Å². The van der Waals surface area contributed by atoms with Gasteiger partial charge in [-0.1, -0.05) is 40.0 Å². The van der Waals surface area contributed by atoms with Crippen LogP contribution in [0.3, 0.4) is 0 Å². The predicted octanol–water partition coefficient (Wildman–Crippen LogP) is 3.63. The Bertz CT molecular complexity index is 147. The molecule has 2 fully saturated rings. The number of rotatable bonds is 0. The molecule has 1 heterocycles. The summed E-state index contributed by atoms with van der Waals surface area (Å²) in [5.74, 6) is 0.950. The summed E-state index contributed by atoms with van der Waals surface area (Å²) >= 11 is 0. The average molecular weight is 184 g/mol. The first-order valence-electron chi connectivity index (χ1n) is 5.64. The van der Waals surface area contributed by atoms with E-state index in [0.29, 0.717) is 11.5 Å². The van der Waals surface area contributed by atoms with Gasteiger partial charge in [-0.25, -0.2) is 0 Å². The van der Waals surface area contributed by atoms with Gasteiger partial charge in [-0.3, -0.25) is 0 Å². The molecule has 2 unspecified atom stereocenters. The lowest BCUT2D eigenvalue weighted by molar-refractivity contribution is 0.154. The molecule has 1 heteroatoms. The van der Waals surface area contributed by atoms with Crippen molar-refractivity contribution in [2.75, 3.05) is 6.61 Å². The minimum atomic E-state index is 0.583. The van der Waals surface area contributed by atoms with Gasteiger partial charge in [-0.05, 0) is 24.7 Å². The Morgan fingerprint density at radius 3 is 1.92 bits per heavy atom. The van der Waals surface area contributed by atoms with Crippen molar-refractivity contribution in [3.63, 3.8) is 0 Å². The molecule has 0 aromatic heterocycles. The van der Waals surface area contributed by atoms with Gasteiger partial charge in [0.25, 0.3) is 0 Å². The van der Waals surface area contributed by atoms with Gasteiger partial charge in [-0.2, -0.15) is 0 Å². The Morgan fingerprint density at radius 1 is 1.15 bits per heavy atom. The zero-order chi connectivity index (χ0) is 9.90. The van der Waals surface area contributed by atoms with Gasteiger partial charge in [0.05, 0.1) is 12.7 Å². The lowest BCUT2D eigenvalue weighted by Crippen LogP contribution is -2.24. The van der Waals surface area contributed by atoms with Crippen LogP contribution in [0.15, 0.2) is 0 Å². The molecule has 78 valence electrons. The summed E-state index contributed by atoms with van der Waals surface area (Å²) in [4.78, 5) is 0. The van der Waals surface area contributed by atoms with E-state index in [1.807, 2.05) is 0 Å². The van der Waals surface area contributed by atoms with Crippen LogP contribution in [-0.2, 0) is 4.74 Å². The van der Waals surface area contributed by atoms with Gasteiger partial charge in [0.1, 0.15) is 0 Å². The lowest BCUT2D eigenvalue weighted by Gasteiger charge is -2.36. The molecule has 1 aliphatic carbocycles. The van der Waals surface area contributed by atoms with E-state index in [2.05, 4.69) is 27.7 Å². The highest BCUT2D eigenvalue weighted by Crippen LogP contribution is 2.39. The number of epoxide rings is 1. The van der Waals surface area contributed by atoms with Crippen molar-refractivity contribution in [1.82, 2.24) is 0 Å². The first-order valence-corrected chi connectivity index (χ1v) is 5.64. The standard InChI is InChI=1S/C9H18.C3H6O/c1-8-6-4-5-7-9(8,2)3;1-3-2-4-3/h8H,4-7H2,1-3H3;3H,2H2,1H3. The van der Waals surface area contributed by atoms with Crippen LogP contribution in [0.25, 0.3) is 0 Å². The molecule has 1 nitrogen and oxygen atoms in total. The van der Waals surface area contributed by atoms with Crippen LogP contribution in [0.2, 0.25) is 0 Å². The average Bonchev–Trinajstić information content (AvgIpc) is 2.80. The van der Waals surface area contributed by atoms with Crippen molar-refractivity contribution < 1.29 is 4.74 Å². The van der Waals surface area contributed by atoms with Crippen LogP contribution in [0.1, 0.15) is 53.4 Å². The lowest BCUT2D eigenvalue weighted by atomic mass is 9.70. The van der Waals surface area contributed by atoms with Gasteiger partial charge in [0, 0.05) is 0 Å². The molecule has 1 saturated heterocycles. The maximum Gasteiger partial charge on any atom is 0.0781 e. The smallest absolute Gasteiger partial charge is 0.0781 e. The van der Waals surface area contributed by atoms with Gasteiger partial charge >= 0.3 is 0 Å². The van der Waals surface area contributed by atoms with Crippen LogP contribution in [0.4, 0.5) is 0 Å². The topological polar surface area (TPSA) is 12.5 Å². The van der Waals surface area contributed by atoms with Crippen LogP contribution in [0.5, 0.6) is 0 Å². The summed E-state index contributed by atoms with van der Waals surface area (Å²) in [5.41, 5.74) is 0.637. The van der Waals surface area contributed by atoms with Crippen LogP contribution in [-0.4, -0.2) is 12.7 Å². The minimum Gasteiger partial charge on any atom is -0.373 e. The van der Waals surface area contributed by atoms with E-state index in [1.54, 1.807) is 0 Å². The van der Waals surface area contributed by atoms with E-state index in [-0.39, 0.29) is 0 Å². The van der Waals surface area contributed by atoms with Crippen molar-refractivity contribution in [2.24, 2.45) is 11.3 Å². The molecule has 0 aromatic carbocycles. The monoisotopic (exact) mass is 184 g/mol. The molecule has 2 atom stereocenters. The number of hydrogen-bond acceptors (Lipinski definition) is 1. The summed E-state index contributed by atoms with van der Waals surface area (Å²) in [6.45, 7) is 10.2. The zero-order valence-corrected chi connectivity index (χ0v) is 9.60. The second kappa shape index (κ2) is 4.45. The Balaban J connectivity index is 0.000000175. The molecule has 0 aromatic rings. The molecule has 1 aliphatic heterocycles. The summed E-state index contributed by atoms with van der Waals surface area (Å²) in [6, 6.07) is 0. The second-order valence-electron chi connectivity index (χ2n) is 5.28. The first-order chi connectivity index (χ1) is 6.02. The SMILES string of the molecule is CC1CCCCC1(C)C.CC1CO1. The van der Waals surface area contributed by atoms with Gasteiger partial charge in [0.15, 0.2) is 0 Å². The van der Waals surface area contributed by atoms with Crippen molar-refractivity contribution in [1.29, 1.82) is 0 Å². The van der Waals surface area contributed by atoms with Crippen LogP contribution < -0.4 is 0 Å². The highest BCUT2D eigenvalue weighted by Gasteiger charge is 2.27. The van der Waals surface area contributed by atoms with Gasteiger partial charge in [0.2, 0.25) is 0 Å².